The van der Waals surface area contributed by atoms with Crippen molar-refractivity contribution in [2.75, 3.05) is 19.4 Å². The van der Waals surface area contributed by atoms with Gasteiger partial charge in [0.15, 0.2) is 6.61 Å². The molecule has 17 heavy (non-hydrogen) atoms. The number of esters is 1. The molecule has 0 aliphatic carbocycles. The molecule has 0 saturated carbocycles. The maximum atomic E-state index is 11.7. The van der Waals surface area contributed by atoms with Gasteiger partial charge in [0.25, 0.3) is 5.91 Å². The third kappa shape index (κ3) is 4.11. The molecular weight excluding hydrogens is 238 g/mol. The van der Waals surface area contributed by atoms with Crippen molar-refractivity contribution in [3.05, 3.63) is 29.8 Å². The summed E-state index contributed by atoms with van der Waals surface area (Å²) < 4.78 is 4.92. The van der Waals surface area contributed by atoms with Crippen molar-refractivity contribution >= 4 is 23.6 Å². The quantitative estimate of drug-likeness (QED) is 0.641. The first kappa shape index (κ1) is 13.6. The monoisotopic (exact) mass is 253 g/mol. The molecule has 0 atom stereocenters. The van der Waals surface area contributed by atoms with Gasteiger partial charge in [-0.05, 0) is 25.3 Å². The van der Waals surface area contributed by atoms with Crippen molar-refractivity contribution in [3.8, 4) is 0 Å². The van der Waals surface area contributed by atoms with Gasteiger partial charge in [0.2, 0.25) is 0 Å². The van der Waals surface area contributed by atoms with E-state index >= 15 is 0 Å². The van der Waals surface area contributed by atoms with Crippen molar-refractivity contribution in [3.63, 3.8) is 0 Å². The highest BCUT2D eigenvalue weighted by Crippen LogP contribution is 2.20. The zero-order chi connectivity index (χ0) is 12.7. The summed E-state index contributed by atoms with van der Waals surface area (Å²) in [6, 6.07) is 7.15. The van der Waals surface area contributed by atoms with Gasteiger partial charge in [0.05, 0.1) is 5.56 Å². The lowest BCUT2D eigenvalue weighted by Crippen LogP contribution is -2.28. The van der Waals surface area contributed by atoms with Crippen molar-refractivity contribution < 1.29 is 14.3 Å². The number of ether oxygens (including phenoxy) is 1. The fraction of sp³-hybridized carbons (Fsp3) is 0.333. The Morgan fingerprint density at radius 3 is 2.71 bits per heavy atom. The number of rotatable bonds is 5. The standard InChI is InChI=1S/C12H15NO3S/c1-3-13-11(14)8-16-12(15)9-6-4-5-7-10(9)17-2/h4-7H,3,8H2,1-2H3,(H,13,14). The maximum absolute atomic E-state index is 11.7. The number of thioether (sulfide) groups is 1. The van der Waals surface area contributed by atoms with Crippen LogP contribution in [0.4, 0.5) is 0 Å². The second-order valence-corrected chi connectivity index (χ2v) is 4.08. The molecule has 92 valence electrons. The molecule has 1 N–H and O–H groups in total. The smallest absolute Gasteiger partial charge is 0.339 e. The number of hydrogen-bond acceptors (Lipinski definition) is 4. The molecule has 0 aromatic heterocycles. The van der Waals surface area contributed by atoms with Crippen molar-refractivity contribution in [1.29, 1.82) is 0 Å². The predicted octanol–water partition coefficient (Wildman–Crippen LogP) is 1.70. The summed E-state index contributed by atoms with van der Waals surface area (Å²) in [5.41, 5.74) is 0.490. The molecule has 0 bridgehead atoms. The molecule has 0 spiro atoms. The van der Waals surface area contributed by atoms with E-state index in [9.17, 15) is 9.59 Å². The Bertz CT molecular complexity index is 406. The second kappa shape index (κ2) is 6.96. The Kier molecular flexibility index (Phi) is 5.56. The summed E-state index contributed by atoms with van der Waals surface area (Å²) in [7, 11) is 0. The van der Waals surface area contributed by atoms with Gasteiger partial charge < -0.3 is 10.1 Å². The zero-order valence-electron chi connectivity index (χ0n) is 9.86. The molecule has 1 aromatic carbocycles. The summed E-state index contributed by atoms with van der Waals surface area (Å²) in [5, 5.41) is 2.56. The molecule has 0 aliphatic heterocycles. The fourth-order valence-electron chi connectivity index (χ4n) is 1.27. The molecule has 0 fully saturated rings. The fourth-order valence-corrected chi connectivity index (χ4v) is 1.86. The van der Waals surface area contributed by atoms with Gasteiger partial charge in [-0.2, -0.15) is 0 Å². The average Bonchev–Trinajstić information content (AvgIpc) is 2.36. The largest absolute Gasteiger partial charge is 0.452 e. The molecule has 0 saturated heterocycles. The number of amides is 1. The maximum Gasteiger partial charge on any atom is 0.339 e. The summed E-state index contributed by atoms with van der Waals surface area (Å²) in [6.45, 7) is 2.09. The third-order valence-electron chi connectivity index (χ3n) is 2.04. The summed E-state index contributed by atoms with van der Waals surface area (Å²) >= 11 is 1.47. The third-order valence-corrected chi connectivity index (χ3v) is 2.83. The lowest BCUT2D eigenvalue weighted by Gasteiger charge is -2.07. The van der Waals surface area contributed by atoms with Crippen LogP contribution in [-0.4, -0.2) is 31.3 Å². The van der Waals surface area contributed by atoms with Crippen LogP contribution in [0.5, 0.6) is 0 Å². The van der Waals surface area contributed by atoms with E-state index in [0.717, 1.165) is 4.90 Å². The number of nitrogens with one attached hydrogen (secondary N) is 1. The van der Waals surface area contributed by atoms with E-state index in [2.05, 4.69) is 5.32 Å². The van der Waals surface area contributed by atoms with E-state index in [0.29, 0.717) is 12.1 Å². The highest BCUT2D eigenvalue weighted by atomic mass is 32.2. The van der Waals surface area contributed by atoms with Crippen LogP contribution in [0.2, 0.25) is 0 Å². The number of carbonyl (C=O) groups excluding carboxylic acids is 2. The van der Waals surface area contributed by atoms with Gasteiger partial charge >= 0.3 is 5.97 Å². The first-order valence-electron chi connectivity index (χ1n) is 5.25. The molecule has 0 heterocycles. The van der Waals surface area contributed by atoms with Gasteiger partial charge in [0, 0.05) is 11.4 Å². The first-order valence-corrected chi connectivity index (χ1v) is 6.48. The van der Waals surface area contributed by atoms with Gasteiger partial charge in [-0.3, -0.25) is 4.79 Å². The highest BCUT2D eigenvalue weighted by Gasteiger charge is 2.13. The Morgan fingerprint density at radius 1 is 1.35 bits per heavy atom. The van der Waals surface area contributed by atoms with Crippen molar-refractivity contribution in [2.45, 2.75) is 11.8 Å². The van der Waals surface area contributed by atoms with Crippen LogP contribution in [0, 0.1) is 0 Å². The minimum Gasteiger partial charge on any atom is -0.452 e. The molecule has 1 rings (SSSR count). The predicted molar refractivity (Wildman–Crippen MR) is 67.2 cm³/mol. The Hall–Kier alpha value is -1.49. The lowest BCUT2D eigenvalue weighted by atomic mass is 10.2. The molecule has 1 aromatic rings. The van der Waals surface area contributed by atoms with E-state index in [4.69, 9.17) is 4.74 Å². The molecule has 0 aliphatic rings. The second-order valence-electron chi connectivity index (χ2n) is 3.23. The molecule has 0 unspecified atom stereocenters. The molecule has 4 nitrogen and oxygen atoms in total. The van der Waals surface area contributed by atoms with Crippen LogP contribution in [0.25, 0.3) is 0 Å². The highest BCUT2D eigenvalue weighted by molar-refractivity contribution is 7.98. The summed E-state index contributed by atoms with van der Waals surface area (Å²) in [4.78, 5) is 23.7. The SMILES string of the molecule is CCNC(=O)COC(=O)c1ccccc1SC. The minimum absolute atomic E-state index is 0.241. The van der Waals surface area contributed by atoms with Crippen molar-refractivity contribution in [2.24, 2.45) is 0 Å². The zero-order valence-corrected chi connectivity index (χ0v) is 10.7. The molecular formula is C12H15NO3S. The Balaban J connectivity index is 2.61. The Morgan fingerprint density at radius 2 is 2.06 bits per heavy atom. The summed E-state index contributed by atoms with van der Waals surface area (Å²) in [6.07, 6.45) is 1.88. The van der Waals surface area contributed by atoms with E-state index < -0.39 is 5.97 Å². The Labute approximate surface area is 105 Å². The van der Waals surface area contributed by atoms with E-state index in [1.54, 1.807) is 12.1 Å². The van der Waals surface area contributed by atoms with Gasteiger partial charge in [0.1, 0.15) is 0 Å². The van der Waals surface area contributed by atoms with E-state index in [1.807, 2.05) is 25.3 Å². The number of hydrogen-bond donors (Lipinski definition) is 1. The number of carbonyl (C=O) groups is 2. The van der Waals surface area contributed by atoms with Gasteiger partial charge in [-0.15, -0.1) is 11.8 Å². The molecule has 0 radical (unpaired) electrons. The lowest BCUT2D eigenvalue weighted by molar-refractivity contribution is -0.124. The van der Waals surface area contributed by atoms with Crippen LogP contribution < -0.4 is 5.32 Å². The minimum atomic E-state index is -0.471. The average molecular weight is 253 g/mol. The normalized spacial score (nSPS) is 9.76. The van der Waals surface area contributed by atoms with Crippen molar-refractivity contribution in [1.82, 2.24) is 5.32 Å². The number of benzene rings is 1. The molecule has 5 heteroatoms. The van der Waals surface area contributed by atoms with Crippen LogP contribution in [0.3, 0.4) is 0 Å². The van der Waals surface area contributed by atoms with E-state index in [1.165, 1.54) is 11.8 Å². The number of likely N-dealkylation sites (N-methyl/N-ethyl adjacent to an activating group) is 1. The van der Waals surface area contributed by atoms with Crippen LogP contribution >= 0.6 is 11.8 Å². The van der Waals surface area contributed by atoms with Crippen LogP contribution in [-0.2, 0) is 9.53 Å². The van der Waals surface area contributed by atoms with Gasteiger partial charge in [-0.1, -0.05) is 12.1 Å². The van der Waals surface area contributed by atoms with Crippen LogP contribution in [0.1, 0.15) is 17.3 Å². The molecule has 1 amide bonds. The topological polar surface area (TPSA) is 55.4 Å². The van der Waals surface area contributed by atoms with Crippen LogP contribution in [0.15, 0.2) is 29.2 Å². The van der Waals surface area contributed by atoms with E-state index in [-0.39, 0.29) is 12.5 Å². The summed E-state index contributed by atoms with van der Waals surface area (Å²) in [5.74, 6) is -0.760. The first-order chi connectivity index (χ1) is 8.19. The van der Waals surface area contributed by atoms with Gasteiger partial charge in [-0.25, -0.2) is 4.79 Å².